The van der Waals surface area contributed by atoms with Gasteiger partial charge in [0.05, 0.1) is 25.3 Å². The zero-order valence-electron chi connectivity index (χ0n) is 13.2. The van der Waals surface area contributed by atoms with Crippen LogP contribution in [0.1, 0.15) is 37.4 Å². The molecule has 0 radical (unpaired) electrons. The summed E-state index contributed by atoms with van der Waals surface area (Å²) in [6.07, 6.45) is 0. The van der Waals surface area contributed by atoms with Gasteiger partial charge < -0.3 is 14.6 Å². The van der Waals surface area contributed by atoms with Crippen LogP contribution in [0.4, 0.5) is 0 Å². The van der Waals surface area contributed by atoms with Crippen molar-refractivity contribution in [3.05, 3.63) is 58.1 Å². The number of carbonyl (C=O) groups excluding carboxylic acids is 2. The first-order chi connectivity index (χ1) is 11.6. The highest BCUT2D eigenvalue weighted by atomic mass is 16.5. The van der Waals surface area contributed by atoms with Gasteiger partial charge in [-0.1, -0.05) is 24.0 Å². The summed E-state index contributed by atoms with van der Waals surface area (Å²) in [6, 6.07) is 8.03. The molecular weight excluding hydrogens is 308 g/mol. The van der Waals surface area contributed by atoms with Gasteiger partial charge in [0.1, 0.15) is 18.1 Å². The van der Waals surface area contributed by atoms with Crippen molar-refractivity contribution >= 4 is 11.6 Å². The Hall–Kier alpha value is -3.10. The SMILES string of the molecule is COc1cccc2c1C(=O)c1c(OC)cc(C#CCO)cc1C2=O. The van der Waals surface area contributed by atoms with Gasteiger partial charge in [-0.15, -0.1) is 0 Å². The third-order valence-electron chi connectivity index (χ3n) is 3.82. The van der Waals surface area contributed by atoms with Crippen molar-refractivity contribution in [2.45, 2.75) is 0 Å². The number of methoxy groups -OCH3 is 2. The maximum Gasteiger partial charge on any atom is 0.201 e. The highest BCUT2D eigenvalue weighted by molar-refractivity contribution is 6.30. The predicted molar refractivity (Wildman–Crippen MR) is 86.8 cm³/mol. The standard InChI is InChI=1S/C19H14O5/c1-23-14-7-3-6-12-16(14)19(22)17-13(18(12)21)9-11(5-4-8-20)10-15(17)24-2/h3,6-7,9-10,20H,8H2,1-2H3. The molecule has 2 aromatic carbocycles. The first-order valence-electron chi connectivity index (χ1n) is 7.20. The van der Waals surface area contributed by atoms with E-state index in [9.17, 15) is 9.59 Å². The second-order valence-electron chi connectivity index (χ2n) is 5.10. The van der Waals surface area contributed by atoms with Crippen molar-refractivity contribution in [1.29, 1.82) is 0 Å². The molecule has 0 saturated heterocycles. The molecule has 1 aliphatic carbocycles. The van der Waals surface area contributed by atoms with Gasteiger partial charge in [-0.3, -0.25) is 9.59 Å². The van der Waals surface area contributed by atoms with Crippen molar-refractivity contribution in [2.24, 2.45) is 0 Å². The molecule has 5 nitrogen and oxygen atoms in total. The lowest BCUT2D eigenvalue weighted by molar-refractivity contribution is 0.0974. The average molecular weight is 322 g/mol. The van der Waals surface area contributed by atoms with Crippen molar-refractivity contribution in [2.75, 3.05) is 20.8 Å². The fourth-order valence-corrected chi connectivity index (χ4v) is 2.80. The summed E-state index contributed by atoms with van der Waals surface area (Å²) in [7, 11) is 2.88. The molecule has 0 aromatic heterocycles. The number of aliphatic hydroxyl groups excluding tert-OH is 1. The molecule has 120 valence electrons. The van der Waals surface area contributed by atoms with Crippen LogP contribution in [0.25, 0.3) is 0 Å². The van der Waals surface area contributed by atoms with Gasteiger partial charge in [-0.2, -0.15) is 0 Å². The number of ether oxygens (including phenoxy) is 2. The van der Waals surface area contributed by atoms with Crippen LogP contribution in [0.3, 0.4) is 0 Å². The Morgan fingerprint density at radius 3 is 2.33 bits per heavy atom. The van der Waals surface area contributed by atoms with Crippen LogP contribution in [0.15, 0.2) is 30.3 Å². The molecule has 0 fully saturated rings. The normalized spacial score (nSPS) is 12.0. The highest BCUT2D eigenvalue weighted by Gasteiger charge is 2.35. The summed E-state index contributed by atoms with van der Waals surface area (Å²) in [4.78, 5) is 25.8. The molecule has 5 heteroatoms. The highest BCUT2D eigenvalue weighted by Crippen LogP contribution is 2.37. The second kappa shape index (κ2) is 6.19. The monoisotopic (exact) mass is 322 g/mol. The van der Waals surface area contributed by atoms with Gasteiger partial charge in [0, 0.05) is 16.7 Å². The maximum atomic E-state index is 13.0. The largest absolute Gasteiger partial charge is 0.496 e. The third kappa shape index (κ3) is 2.34. The van der Waals surface area contributed by atoms with Gasteiger partial charge in [0.25, 0.3) is 0 Å². The molecule has 1 aliphatic rings. The van der Waals surface area contributed by atoms with Crippen molar-refractivity contribution < 1.29 is 24.2 Å². The van der Waals surface area contributed by atoms with Crippen LogP contribution < -0.4 is 9.47 Å². The van der Waals surface area contributed by atoms with E-state index in [1.54, 1.807) is 30.3 Å². The molecule has 24 heavy (non-hydrogen) atoms. The smallest absolute Gasteiger partial charge is 0.201 e. The van der Waals surface area contributed by atoms with Crippen molar-refractivity contribution in [3.8, 4) is 23.3 Å². The van der Waals surface area contributed by atoms with Crippen molar-refractivity contribution in [3.63, 3.8) is 0 Å². The van der Waals surface area contributed by atoms with E-state index in [1.165, 1.54) is 14.2 Å². The molecule has 0 bridgehead atoms. The topological polar surface area (TPSA) is 72.8 Å². The Morgan fingerprint density at radius 2 is 1.67 bits per heavy atom. The predicted octanol–water partition coefficient (Wildman–Crippen LogP) is 1.82. The lowest BCUT2D eigenvalue weighted by Crippen LogP contribution is -2.22. The lowest BCUT2D eigenvalue weighted by atomic mass is 9.82. The van der Waals surface area contributed by atoms with E-state index < -0.39 is 0 Å². The van der Waals surface area contributed by atoms with Crippen LogP contribution in [-0.4, -0.2) is 37.5 Å². The first-order valence-corrected chi connectivity index (χ1v) is 7.20. The van der Waals surface area contributed by atoms with Crippen LogP contribution in [0, 0.1) is 11.8 Å². The van der Waals surface area contributed by atoms with Crippen molar-refractivity contribution in [1.82, 2.24) is 0 Å². The minimum absolute atomic E-state index is 0.203. The molecule has 0 heterocycles. The Kier molecular flexibility index (Phi) is 4.07. The lowest BCUT2D eigenvalue weighted by Gasteiger charge is -2.21. The first kappa shape index (κ1) is 15.8. The zero-order chi connectivity index (χ0) is 17.3. The van der Waals surface area contributed by atoms with Gasteiger partial charge in [-0.25, -0.2) is 0 Å². The number of hydrogen-bond acceptors (Lipinski definition) is 5. The summed E-state index contributed by atoms with van der Waals surface area (Å²) in [5.41, 5.74) is 1.47. The number of fused-ring (bicyclic) bond motifs is 2. The number of carbonyl (C=O) groups is 2. The minimum atomic E-state index is -0.324. The number of hydrogen-bond donors (Lipinski definition) is 1. The summed E-state index contributed by atoms with van der Waals surface area (Å²) in [5.74, 6) is 5.26. The molecule has 2 aromatic rings. The van der Waals surface area contributed by atoms with Crippen LogP contribution in [-0.2, 0) is 0 Å². The Morgan fingerprint density at radius 1 is 0.958 bits per heavy atom. The van der Waals surface area contributed by atoms with E-state index in [0.29, 0.717) is 16.9 Å². The second-order valence-corrected chi connectivity index (χ2v) is 5.10. The molecule has 0 saturated carbocycles. The summed E-state index contributed by atoms with van der Waals surface area (Å²) in [6.45, 7) is -0.299. The van der Waals surface area contributed by atoms with E-state index in [1.807, 2.05) is 0 Å². The third-order valence-corrected chi connectivity index (χ3v) is 3.82. The van der Waals surface area contributed by atoms with Crippen LogP contribution >= 0.6 is 0 Å². The van der Waals surface area contributed by atoms with Crippen LogP contribution in [0.2, 0.25) is 0 Å². The quantitative estimate of drug-likeness (QED) is 0.729. The molecule has 0 atom stereocenters. The van der Waals surface area contributed by atoms with E-state index >= 15 is 0 Å². The summed E-state index contributed by atoms with van der Waals surface area (Å²) >= 11 is 0. The van der Waals surface area contributed by atoms with E-state index in [4.69, 9.17) is 14.6 Å². The molecule has 3 rings (SSSR count). The van der Waals surface area contributed by atoms with Crippen LogP contribution in [0.5, 0.6) is 11.5 Å². The molecule has 0 amide bonds. The number of aliphatic hydroxyl groups is 1. The summed E-state index contributed by atoms with van der Waals surface area (Å²) in [5, 5.41) is 8.83. The molecular formula is C19H14O5. The number of rotatable bonds is 2. The number of ketones is 2. The van der Waals surface area contributed by atoms with Gasteiger partial charge in [0.15, 0.2) is 5.78 Å². The Labute approximate surface area is 138 Å². The van der Waals surface area contributed by atoms with E-state index in [-0.39, 0.29) is 40.6 Å². The number of benzene rings is 2. The average Bonchev–Trinajstić information content (AvgIpc) is 2.62. The van der Waals surface area contributed by atoms with Gasteiger partial charge >= 0.3 is 0 Å². The minimum Gasteiger partial charge on any atom is -0.496 e. The fraction of sp³-hybridized carbons (Fsp3) is 0.158. The molecule has 1 N–H and O–H groups in total. The zero-order valence-corrected chi connectivity index (χ0v) is 13.2. The fourth-order valence-electron chi connectivity index (χ4n) is 2.80. The van der Waals surface area contributed by atoms with Gasteiger partial charge in [0.2, 0.25) is 5.78 Å². The van der Waals surface area contributed by atoms with E-state index in [2.05, 4.69) is 11.8 Å². The Balaban J connectivity index is 2.29. The van der Waals surface area contributed by atoms with E-state index in [0.717, 1.165) is 0 Å². The molecule has 0 aliphatic heterocycles. The molecule has 0 spiro atoms. The van der Waals surface area contributed by atoms with Gasteiger partial charge in [-0.05, 0) is 18.2 Å². The Bertz CT molecular complexity index is 915. The maximum absolute atomic E-state index is 13.0. The summed E-state index contributed by atoms with van der Waals surface area (Å²) < 4.78 is 10.5. The molecule has 0 unspecified atom stereocenters.